The fraction of sp³-hybridized carbons (Fsp3) is 0.200. The first-order chi connectivity index (χ1) is 10.2. The predicted octanol–water partition coefficient (Wildman–Crippen LogP) is 2.50. The van der Waals surface area contributed by atoms with Gasteiger partial charge in [-0.2, -0.15) is 0 Å². The van der Waals surface area contributed by atoms with Crippen LogP contribution in [-0.2, 0) is 13.1 Å². The van der Waals surface area contributed by atoms with Crippen molar-refractivity contribution in [2.75, 3.05) is 6.54 Å². The Balaban J connectivity index is 1.62. The molecule has 3 rings (SSSR count). The number of pyridine rings is 1. The Morgan fingerprint density at radius 3 is 2.86 bits per heavy atom. The molecule has 4 nitrogen and oxygen atoms in total. The van der Waals surface area contributed by atoms with E-state index in [1.165, 1.54) is 6.07 Å². The predicted molar refractivity (Wildman–Crippen MR) is 75.6 cm³/mol. The maximum Gasteiger partial charge on any atom is 0.161 e. The lowest BCUT2D eigenvalue weighted by molar-refractivity contribution is 0.510. The quantitative estimate of drug-likeness (QED) is 0.734. The molecule has 0 bridgehead atoms. The van der Waals surface area contributed by atoms with Crippen molar-refractivity contribution in [2.24, 2.45) is 0 Å². The fourth-order valence-electron chi connectivity index (χ4n) is 2.17. The average molecular weight is 288 g/mol. The zero-order chi connectivity index (χ0) is 14.7. The van der Waals surface area contributed by atoms with Crippen molar-refractivity contribution >= 4 is 11.0 Å². The third-order valence-corrected chi connectivity index (χ3v) is 3.24. The van der Waals surface area contributed by atoms with Crippen LogP contribution in [-0.4, -0.2) is 21.1 Å². The number of hydrogen-bond acceptors (Lipinski definition) is 3. The van der Waals surface area contributed by atoms with Gasteiger partial charge in [0.05, 0.1) is 17.4 Å². The molecular weight excluding hydrogens is 274 g/mol. The van der Waals surface area contributed by atoms with Crippen LogP contribution in [0.1, 0.15) is 5.56 Å². The minimum atomic E-state index is -0.873. The van der Waals surface area contributed by atoms with E-state index in [2.05, 4.69) is 15.3 Å². The molecule has 0 aliphatic rings. The van der Waals surface area contributed by atoms with E-state index >= 15 is 0 Å². The van der Waals surface area contributed by atoms with Crippen molar-refractivity contribution in [2.45, 2.75) is 13.1 Å². The Labute approximate surface area is 120 Å². The smallest absolute Gasteiger partial charge is 0.161 e. The van der Waals surface area contributed by atoms with Crippen molar-refractivity contribution in [3.63, 3.8) is 0 Å². The maximum atomic E-state index is 13.3. The molecule has 0 aliphatic carbocycles. The molecule has 0 saturated carbocycles. The summed E-state index contributed by atoms with van der Waals surface area (Å²) in [5, 5.41) is 3.27. The Morgan fingerprint density at radius 2 is 2.05 bits per heavy atom. The van der Waals surface area contributed by atoms with Crippen molar-refractivity contribution < 1.29 is 8.78 Å². The lowest BCUT2D eigenvalue weighted by Crippen LogP contribution is -2.19. The number of hydrogen-bond donors (Lipinski definition) is 1. The highest BCUT2D eigenvalue weighted by molar-refractivity contribution is 5.75. The monoisotopic (exact) mass is 288 g/mol. The summed E-state index contributed by atoms with van der Waals surface area (Å²) in [4.78, 5) is 8.12. The molecule has 0 radical (unpaired) electrons. The highest BCUT2D eigenvalue weighted by Crippen LogP contribution is 2.17. The highest BCUT2D eigenvalue weighted by atomic mass is 19.2. The summed E-state index contributed by atoms with van der Waals surface area (Å²) in [6.07, 6.45) is 5.13. The largest absolute Gasteiger partial charge is 0.329 e. The molecule has 3 aromatic rings. The molecule has 108 valence electrons. The van der Waals surface area contributed by atoms with Crippen LogP contribution in [0.4, 0.5) is 8.78 Å². The molecule has 1 N–H and O–H groups in total. The second-order valence-electron chi connectivity index (χ2n) is 4.73. The van der Waals surface area contributed by atoms with Gasteiger partial charge in [0.15, 0.2) is 11.6 Å². The normalized spacial score (nSPS) is 11.1. The van der Waals surface area contributed by atoms with Crippen LogP contribution >= 0.6 is 0 Å². The summed E-state index contributed by atoms with van der Waals surface area (Å²) in [7, 11) is 0. The van der Waals surface area contributed by atoms with E-state index < -0.39 is 11.6 Å². The molecule has 21 heavy (non-hydrogen) atoms. The van der Waals surface area contributed by atoms with E-state index in [9.17, 15) is 8.78 Å². The lowest BCUT2D eigenvalue weighted by Gasteiger charge is -2.06. The number of fused-ring (bicyclic) bond motifs is 1. The van der Waals surface area contributed by atoms with E-state index in [4.69, 9.17) is 0 Å². The van der Waals surface area contributed by atoms with Gasteiger partial charge in [-0.15, -0.1) is 0 Å². The first-order valence-electron chi connectivity index (χ1n) is 6.63. The maximum absolute atomic E-state index is 13.3. The summed E-state index contributed by atoms with van der Waals surface area (Å²) in [6, 6.07) is 6.17. The summed E-state index contributed by atoms with van der Waals surface area (Å²) in [5.41, 5.74) is 2.15. The molecule has 0 amide bonds. The van der Waals surface area contributed by atoms with Crippen molar-refractivity contribution in [3.8, 4) is 0 Å². The van der Waals surface area contributed by atoms with Gasteiger partial charge in [0.2, 0.25) is 0 Å². The van der Waals surface area contributed by atoms with Gasteiger partial charge in [0, 0.05) is 44.2 Å². The molecule has 0 unspecified atom stereocenters. The van der Waals surface area contributed by atoms with Crippen LogP contribution < -0.4 is 5.32 Å². The number of nitrogens with zero attached hydrogens (tertiary/aromatic N) is 3. The second-order valence-corrected chi connectivity index (χ2v) is 4.73. The number of nitrogens with one attached hydrogen (secondary N) is 1. The summed E-state index contributed by atoms with van der Waals surface area (Å²) >= 11 is 0. The van der Waals surface area contributed by atoms with E-state index in [0.29, 0.717) is 30.7 Å². The molecule has 2 heterocycles. The van der Waals surface area contributed by atoms with E-state index in [0.717, 1.165) is 11.6 Å². The number of halogens is 2. The third-order valence-electron chi connectivity index (χ3n) is 3.24. The zero-order valence-electron chi connectivity index (χ0n) is 11.3. The van der Waals surface area contributed by atoms with Gasteiger partial charge in [-0.25, -0.2) is 13.8 Å². The van der Waals surface area contributed by atoms with Crippen molar-refractivity contribution in [3.05, 3.63) is 60.2 Å². The van der Waals surface area contributed by atoms with Gasteiger partial charge in [0.1, 0.15) is 0 Å². The summed E-state index contributed by atoms with van der Waals surface area (Å²) in [6.45, 7) is 2.03. The number of rotatable bonds is 5. The van der Waals surface area contributed by atoms with Gasteiger partial charge in [0.25, 0.3) is 0 Å². The number of benzene rings is 1. The summed E-state index contributed by atoms with van der Waals surface area (Å²) in [5.74, 6) is -1.73. The van der Waals surface area contributed by atoms with E-state index in [1.54, 1.807) is 23.3 Å². The van der Waals surface area contributed by atoms with Gasteiger partial charge < -0.3 is 9.88 Å². The molecule has 2 aromatic heterocycles. The Kier molecular flexibility index (Phi) is 3.87. The van der Waals surface area contributed by atoms with Crippen LogP contribution in [0.15, 0.2) is 43.0 Å². The van der Waals surface area contributed by atoms with Crippen LogP contribution in [0.2, 0.25) is 0 Å². The Hall–Kier alpha value is -2.34. The Morgan fingerprint density at radius 1 is 1.19 bits per heavy atom. The molecule has 1 aromatic carbocycles. The van der Waals surface area contributed by atoms with Gasteiger partial charge in [-0.1, -0.05) is 6.07 Å². The van der Waals surface area contributed by atoms with Crippen LogP contribution in [0, 0.1) is 11.6 Å². The first-order valence-corrected chi connectivity index (χ1v) is 6.63. The van der Waals surface area contributed by atoms with Gasteiger partial charge >= 0.3 is 0 Å². The second kappa shape index (κ2) is 5.97. The molecule has 0 fully saturated rings. The van der Waals surface area contributed by atoms with Crippen molar-refractivity contribution in [1.29, 1.82) is 0 Å². The number of aromatic nitrogens is 3. The molecule has 0 aliphatic heterocycles. The Bertz CT molecular complexity index is 740. The average Bonchev–Trinajstić information content (AvgIpc) is 2.87. The molecule has 0 spiro atoms. The zero-order valence-corrected chi connectivity index (χ0v) is 11.3. The highest BCUT2D eigenvalue weighted by Gasteiger charge is 2.08. The van der Waals surface area contributed by atoms with Crippen molar-refractivity contribution in [1.82, 2.24) is 19.9 Å². The van der Waals surface area contributed by atoms with Gasteiger partial charge in [-0.3, -0.25) is 4.98 Å². The standard InChI is InChI=1S/C15H14F2N4/c16-12-6-14-15(7-13(12)17)21(10-20-14)5-4-19-9-11-2-1-3-18-8-11/h1-3,6-8,10,19H,4-5,9H2. The molecule has 6 heteroatoms. The minimum absolute atomic E-state index is 0.459. The van der Waals surface area contributed by atoms with E-state index in [1.807, 2.05) is 12.1 Å². The number of imidazole rings is 1. The molecular formula is C15H14F2N4. The fourth-order valence-corrected chi connectivity index (χ4v) is 2.17. The third kappa shape index (κ3) is 3.05. The van der Waals surface area contributed by atoms with Crippen LogP contribution in [0.3, 0.4) is 0 Å². The lowest BCUT2D eigenvalue weighted by atomic mass is 10.3. The minimum Gasteiger partial charge on any atom is -0.329 e. The first kappa shape index (κ1) is 13.6. The SMILES string of the molecule is Fc1cc2ncn(CCNCc3cccnc3)c2cc1F. The van der Waals surface area contributed by atoms with E-state index in [-0.39, 0.29) is 0 Å². The molecule has 0 saturated heterocycles. The van der Waals surface area contributed by atoms with Crippen LogP contribution in [0.25, 0.3) is 11.0 Å². The molecule has 0 atom stereocenters. The summed E-state index contributed by atoms with van der Waals surface area (Å²) < 4.78 is 28.2. The topological polar surface area (TPSA) is 42.7 Å². The van der Waals surface area contributed by atoms with Crippen LogP contribution in [0.5, 0.6) is 0 Å². The van der Waals surface area contributed by atoms with Gasteiger partial charge in [-0.05, 0) is 11.6 Å².